The second kappa shape index (κ2) is 8.26. The van der Waals surface area contributed by atoms with Gasteiger partial charge in [0.1, 0.15) is 5.75 Å². The summed E-state index contributed by atoms with van der Waals surface area (Å²) >= 11 is 0. The van der Waals surface area contributed by atoms with Crippen LogP contribution >= 0.6 is 0 Å². The minimum Gasteiger partial charge on any atom is -0.494 e. The minimum atomic E-state index is 0.655. The molecule has 1 aromatic rings. The molecule has 0 N–H and O–H groups in total. The molecule has 0 atom stereocenters. The lowest BCUT2D eigenvalue weighted by Crippen LogP contribution is -2.23. The van der Waals surface area contributed by atoms with Gasteiger partial charge >= 0.3 is 0 Å². The average molecular weight is 309 g/mol. The van der Waals surface area contributed by atoms with Crippen molar-refractivity contribution in [3.05, 3.63) is 59.8 Å². The van der Waals surface area contributed by atoms with Crippen molar-refractivity contribution in [1.29, 1.82) is 0 Å². The van der Waals surface area contributed by atoms with Crippen LogP contribution in [0, 0.1) is 12.3 Å². The van der Waals surface area contributed by atoms with Gasteiger partial charge in [-0.05, 0) is 48.9 Å². The first-order valence-corrected chi connectivity index (χ1v) is 7.78. The zero-order valence-electron chi connectivity index (χ0n) is 13.8. The van der Waals surface area contributed by atoms with E-state index in [9.17, 15) is 0 Å². The molecule has 0 aliphatic carbocycles. The SMILES string of the molecule is C#CC1=CC=C(c2ccc(OCCCOC)cc2)N(CC)C1=C. The molecule has 0 fully saturated rings. The number of nitrogens with zero attached hydrogens (tertiary/aromatic N) is 1. The Morgan fingerprint density at radius 3 is 2.52 bits per heavy atom. The molecule has 0 spiro atoms. The van der Waals surface area contributed by atoms with Gasteiger partial charge in [0.25, 0.3) is 0 Å². The summed E-state index contributed by atoms with van der Waals surface area (Å²) < 4.78 is 10.7. The summed E-state index contributed by atoms with van der Waals surface area (Å²) in [4.78, 5) is 2.13. The number of allylic oxidation sites excluding steroid dienone is 3. The van der Waals surface area contributed by atoms with Gasteiger partial charge in [0.2, 0.25) is 0 Å². The Balaban J connectivity index is 2.12. The van der Waals surface area contributed by atoms with E-state index in [0.717, 1.165) is 41.2 Å². The van der Waals surface area contributed by atoms with Gasteiger partial charge in [0.05, 0.1) is 6.61 Å². The highest BCUT2D eigenvalue weighted by Gasteiger charge is 2.18. The molecule has 3 nitrogen and oxygen atoms in total. The van der Waals surface area contributed by atoms with E-state index in [1.54, 1.807) is 7.11 Å². The van der Waals surface area contributed by atoms with Gasteiger partial charge < -0.3 is 14.4 Å². The summed E-state index contributed by atoms with van der Waals surface area (Å²) in [5.74, 6) is 3.54. The standard InChI is InChI=1S/C20H23NO2/c1-5-17-10-13-20(21(6-2)16(17)3)18-8-11-19(12-9-18)23-15-7-14-22-4/h1,8-13H,3,6-7,14-15H2,2,4H3. The van der Waals surface area contributed by atoms with Crippen molar-refractivity contribution in [1.82, 2.24) is 4.90 Å². The maximum Gasteiger partial charge on any atom is 0.119 e. The van der Waals surface area contributed by atoms with E-state index >= 15 is 0 Å². The van der Waals surface area contributed by atoms with E-state index in [1.807, 2.05) is 24.3 Å². The summed E-state index contributed by atoms with van der Waals surface area (Å²) in [7, 11) is 1.69. The lowest BCUT2D eigenvalue weighted by molar-refractivity contribution is 0.172. The van der Waals surface area contributed by atoms with Crippen molar-refractivity contribution in [2.24, 2.45) is 0 Å². The lowest BCUT2D eigenvalue weighted by Gasteiger charge is -2.31. The van der Waals surface area contributed by atoms with Crippen LogP contribution in [0.2, 0.25) is 0 Å². The third-order valence-corrected chi connectivity index (χ3v) is 3.72. The highest BCUT2D eigenvalue weighted by atomic mass is 16.5. The number of benzene rings is 1. The number of terminal acetylenes is 1. The van der Waals surface area contributed by atoms with Crippen LogP contribution in [-0.2, 0) is 4.74 Å². The number of ether oxygens (including phenoxy) is 2. The number of methoxy groups -OCH3 is 1. The van der Waals surface area contributed by atoms with Gasteiger partial charge in [-0.2, -0.15) is 0 Å². The predicted molar refractivity (Wildman–Crippen MR) is 94.8 cm³/mol. The lowest BCUT2D eigenvalue weighted by atomic mass is 10.0. The van der Waals surface area contributed by atoms with E-state index in [1.165, 1.54) is 0 Å². The topological polar surface area (TPSA) is 21.7 Å². The van der Waals surface area contributed by atoms with Crippen LogP contribution in [-0.4, -0.2) is 31.8 Å². The molecule has 0 radical (unpaired) electrons. The monoisotopic (exact) mass is 309 g/mol. The molecule has 120 valence electrons. The summed E-state index contributed by atoms with van der Waals surface area (Å²) in [5, 5.41) is 0. The predicted octanol–water partition coefficient (Wildman–Crippen LogP) is 3.85. The molecule has 1 aromatic carbocycles. The molecule has 0 saturated heterocycles. The van der Waals surface area contributed by atoms with E-state index in [-0.39, 0.29) is 0 Å². The summed E-state index contributed by atoms with van der Waals surface area (Å²) in [6.45, 7) is 8.38. The zero-order chi connectivity index (χ0) is 16.7. The Morgan fingerprint density at radius 1 is 1.17 bits per heavy atom. The first-order valence-electron chi connectivity index (χ1n) is 7.78. The molecule has 23 heavy (non-hydrogen) atoms. The van der Waals surface area contributed by atoms with Crippen LogP contribution in [0.1, 0.15) is 18.9 Å². The Kier molecular flexibility index (Phi) is 6.08. The van der Waals surface area contributed by atoms with E-state index in [0.29, 0.717) is 13.2 Å². The summed E-state index contributed by atoms with van der Waals surface area (Å²) in [6, 6.07) is 8.09. The third-order valence-electron chi connectivity index (χ3n) is 3.72. The van der Waals surface area contributed by atoms with Crippen molar-refractivity contribution in [2.75, 3.05) is 26.9 Å². The van der Waals surface area contributed by atoms with Gasteiger partial charge in [-0.15, -0.1) is 6.42 Å². The smallest absolute Gasteiger partial charge is 0.119 e. The Morgan fingerprint density at radius 2 is 1.91 bits per heavy atom. The molecule has 2 rings (SSSR count). The second-order valence-electron chi connectivity index (χ2n) is 5.19. The molecule has 0 bridgehead atoms. The number of likely N-dealkylation sites (N-methyl/N-ethyl adjacent to an activating group) is 1. The zero-order valence-corrected chi connectivity index (χ0v) is 13.8. The average Bonchev–Trinajstić information content (AvgIpc) is 2.59. The van der Waals surface area contributed by atoms with Crippen LogP contribution in [0.4, 0.5) is 0 Å². The van der Waals surface area contributed by atoms with Gasteiger partial charge in [-0.25, -0.2) is 0 Å². The Bertz CT molecular complexity index is 647. The number of hydrogen-bond donors (Lipinski definition) is 0. The van der Waals surface area contributed by atoms with Gasteiger partial charge in [-0.3, -0.25) is 0 Å². The maximum absolute atomic E-state index is 5.69. The van der Waals surface area contributed by atoms with Crippen LogP contribution in [0.5, 0.6) is 5.75 Å². The van der Waals surface area contributed by atoms with E-state index < -0.39 is 0 Å². The first-order chi connectivity index (χ1) is 11.2. The number of hydrogen-bond acceptors (Lipinski definition) is 3. The molecular formula is C20H23NO2. The molecule has 1 aliphatic heterocycles. The van der Waals surface area contributed by atoms with Crippen molar-refractivity contribution >= 4 is 5.70 Å². The van der Waals surface area contributed by atoms with Crippen LogP contribution in [0.3, 0.4) is 0 Å². The highest BCUT2D eigenvalue weighted by Crippen LogP contribution is 2.30. The fraction of sp³-hybridized carbons (Fsp3) is 0.300. The summed E-state index contributed by atoms with van der Waals surface area (Å²) in [6.07, 6.45) is 10.4. The van der Waals surface area contributed by atoms with Gasteiger partial charge in [-0.1, -0.05) is 12.5 Å². The highest BCUT2D eigenvalue weighted by molar-refractivity contribution is 5.72. The van der Waals surface area contributed by atoms with Crippen LogP contribution in [0.15, 0.2) is 54.3 Å². The third kappa shape index (κ3) is 4.06. The fourth-order valence-corrected chi connectivity index (χ4v) is 2.50. The molecule has 1 heterocycles. The quantitative estimate of drug-likeness (QED) is 0.564. The fourth-order valence-electron chi connectivity index (χ4n) is 2.50. The molecule has 3 heteroatoms. The maximum atomic E-state index is 5.69. The van der Waals surface area contributed by atoms with Crippen molar-refractivity contribution in [2.45, 2.75) is 13.3 Å². The number of rotatable bonds is 7. The van der Waals surface area contributed by atoms with Crippen LogP contribution in [0.25, 0.3) is 5.70 Å². The molecule has 0 amide bonds. The van der Waals surface area contributed by atoms with Crippen LogP contribution < -0.4 is 4.74 Å². The van der Waals surface area contributed by atoms with Crippen molar-refractivity contribution in [3.63, 3.8) is 0 Å². The molecule has 1 aliphatic rings. The second-order valence-corrected chi connectivity index (χ2v) is 5.19. The summed E-state index contributed by atoms with van der Waals surface area (Å²) in [5.41, 5.74) is 3.91. The molecular weight excluding hydrogens is 286 g/mol. The first kappa shape index (κ1) is 16.9. The van der Waals surface area contributed by atoms with Gasteiger partial charge in [0.15, 0.2) is 0 Å². The normalized spacial score (nSPS) is 14.1. The van der Waals surface area contributed by atoms with Crippen molar-refractivity contribution in [3.8, 4) is 18.1 Å². The largest absolute Gasteiger partial charge is 0.494 e. The molecule has 0 aromatic heterocycles. The molecule has 0 unspecified atom stereocenters. The van der Waals surface area contributed by atoms with Gasteiger partial charge in [0, 0.05) is 43.6 Å². The Labute approximate surface area is 138 Å². The van der Waals surface area contributed by atoms with Crippen molar-refractivity contribution < 1.29 is 9.47 Å². The van der Waals surface area contributed by atoms with E-state index in [4.69, 9.17) is 15.9 Å². The minimum absolute atomic E-state index is 0.655. The Hall–Kier alpha value is -2.44. The molecule has 0 saturated carbocycles. The van der Waals surface area contributed by atoms with E-state index in [2.05, 4.69) is 36.5 Å².